The number of non-ortho nitro benzene ring substituents is 1. The second-order valence-electron chi connectivity index (χ2n) is 6.38. The summed E-state index contributed by atoms with van der Waals surface area (Å²) >= 11 is 5.01. The maximum atomic E-state index is 10.8. The van der Waals surface area contributed by atoms with Crippen LogP contribution >= 0.6 is 27.7 Å². The Kier molecular flexibility index (Phi) is 6.11. The summed E-state index contributed by atoms with van der Waals surface area (Å²) in [6.45, 7) is 0. The van der Waals surface area contributed by atoms with Gasteiger partial charge in [0.15, 0.2) is 0 Å². The minimum atomic E-state index is -0.394. The number of aliphatic imine (C=N–C) groups is 1. The van der Waals surface area contributed by atoms with Gasteiger partial charge in [-0.15, -0.1) is 0 Å². The molecule has 1 heterocycles. The standard InChI is InChI=1S/C23H16BrN3O2S/c24-17-3-7-19(8-4-17)26-15-1-2-21(26)16-25-18-5-11-22(12-6-18)30-23-13-9-20(10-14-23)27(28)29/h1-16H. The molecule has 3 aromatic carbocycles. The average molecular weight is 478 g/mol. The summed E-state index contributed by atoms with van der Waals surface area (Å²) in [6.07, 6.45) is 3.86. The molecule has 148 valence electrons. The lowest BCUT2D eigenvalue weighted by Gasteiger charge is -2.06. The van der Waals surface area contributed by atoms with Gasteiger partial charge in [0.05, 0.1) is 22.5 Å². The van der Waals surface area contributed by atoms with E-state index in [0.29, 0.717) is 0 Å². The number of nitrogens with zero attached hydrogens (tertiary/aromatic N) is 3. The van der Waals surface area contributed by atoms with Crippen molar-refractivity contribution >= 4 is 45.3 Å². The van der Waals surface area contributed by atoms with E-state index in [1.54, 1.807) is 23.9 Å². The van der Waals surface area contributed by atoms with Crippen LogP contribution < -0.4 is 0 Å². The Morgan fingerprint density at radius 1 is 0.900 bits per heavy atom. The molecule has 30 heavy (non-hydrogen) atoms. The quantitative estimate of drug-likeness (QED) is 0.170. The predicted octanol–water partition coefficient (Wildman–Crippen LogP) is 7.05. The van der Waals surface area contributed by atoms with E-state index in [-0.39, 0.29) is 5.69 Å². The zero-order valence-corrected chi connectivity index (χ0v) is 18.1. The van der Waals surface area contributed by atoms with E-state index in [1.165, 1.54) is 12.1 Å². The van der Waals surface area contributed by atoms with Gasteiger partial charge in [-0.25, -0.2) is 0 Å². The molecule has 0 bridgehead atoms. The molecule has 7 heteroatoms. The predicted molar refractivity (Wildman–Crippen MR) is 124 cm³/mol. The molecule has 0 unspecified atom stereocenters. The molecular weight excluding hydrogens is 462 g/mol. The van der Waals surface area contributed by atoms with Gasteiger partial charge >= 0.3 is 0 Å². The molecule has 0 N–H and O–H groups in total. The van der Waals surface area contributed by atoms with E-state index in [1.807, 2.05) is 73.1 Å². The zero-order valence-electron chi connectivity index (χ0n) is 15.7. The Hall–Kier alpha value is -3.16. The lowest BCUT2D eigenvalue weighted by molar-refractivity contribution is -0.384. The van der Waals surface area contributed by atoms with Gasteiger partial charge in [-0.3, -0.25) is 15.1 Å². The van der Waals surface area contributed by atoms with Crippen LogP contribution in [0.15, 0.2) is 110 Å². The molecular formula is C23H16BrN3O2S. The van der Waals surface area contributed by atoms with Crippen molar-refractivity contribution in [2.24, 2.45) is 4.99 Å². The fourth-order valence-corrected chi connectivity index (χ4v) is 3.93. The Morgan fingerprint density at radius 3 is 2.17 bits per heavy atom. The number of nitro groups is 1. The van der Waals surface area contributed by atoms with E-state index in [9.17, 15) is 10.1 Å². The fourth-order valence-electron chi connectivity index (χ4n) is 2.85. The number of rotatable bonds is 6. The van der Waals surface area contributed by atoms with E-state index in [0.717, 1.165) is 31.3 Å². The second-order valence-corrected chi connectivity index (χ2v) is 8.45. The third kappa shape index (κ3) is 4.87. The van der Waals surface area contributed by atoms with Crippen LogP contribution in [0.3, 0.4) is 0 Å². The van der Waals surface area contributed by atoms with Gasteiger partial charge in [0.25, 0.3) is 5.69 Å². The first kappa shape index (κ1) is 20.1. The third-order valence-corrected chi connectivity index (χ3v) is 5.90. The van der Waals surface area contributed by atoms with Gasteiger partial charge in [0.1, 0.15) is 0 Å². The summed E-state index contributed by atoms with van der Waals surface area (Å²) in [5.41, 5.74) is 3.00. The number of aromatic nitrogens is 1. The van der Waals surface area contributed by atoms with Crippen molar-refractivity contribution in [2.75, 3.05) is 0 Å². The smallest absolute Gasteiger partial charge is 0.269 e. The summed E-state index contributed by atoms with van der Waals surface area (Å²) in [4.78, 5) is 16.9. The highest BCUT2D eigenvalue weighted by Gasteiger charge is 2.05. The van der Waals surface area contributed by atoms with E-state index in [2.05, 4.69) is 25.5 Å². The number of hydrogen-bond acceptors (Lipinski definition) is 4. The van der Waals surface area contributed by atoms with Crippen molar-refractivity contribution in [1.82, 2.24) is 4.57 Å². The van der Waals surface area contributed by atoms with Crippen LogP contribution in [0.2, 0.25) is 0 Å². The third-order valence-electron chi connectivity index (χ3n) is 4.35. The first-order chi connectivity index (χ1) is 14.6. The van der Waals surface area contributed by atoms with Crippen LogP contribution in [-0.4, -0.2) is 15.7 Å². The van der Waals surface area contributed by atoms with Crippen LogP contribution in [0.4, 0.5) is 11.4 Å². The molecule has 0 aliphatic rings. The van der Waals surface area contributed by atoms with E-state index >= 15 is 0 Å². The van der Waals surface area contributed by atoms with Crippen molar-refractivity contribution in [3.63, 3.8) is 0 Å². The largest absolute Gasteiger partial charge is 0.316 e. The lowest BCUT2D eigenvalue weighted by atomic mass is 10.3. The molecule has 0 amide bonds. The first-order valence-electron chi connectivity index (χ1n) is 9.08. The highest BCUT2D eigenvalue weighted by molar-refractivity contribution is 9.10. The minimum Gasteiger partial charge on any atom is -0.316 e. The number of halogens is 1. The van der Waals surface area contributed by atoms with Crippen molar-refractivity contribution < 1.29 is 4.92 Å². The van der Waals surface area contributed by atoms with Gasteiger partial charge in [0, 0.05) is 38.3 Å². The summed E-state index contributed by atoms with van der Waals surface area (Å²) in [7, 11) is 0. The maximum absolute atomic E-state index is 10.8. The SMILES string of the molecule is O=[N+]([O-])c1ccc(Sc2ccc(N=Cc3cccn3-c3ccc(Br)cc3)cc2)cc1. The van der Waals surface area contributed by atoms with Gasteiger partial charge < -0.3 is 4.57 Å². The molecule has 0 fully saturated rings. The first-order valence-corrected chi connectivity index (χ1v) is 10.7. The summed E-state index contributed by atoms with van der Waals surface area (Å²) < 4.78 is 3.12. The molecule has 4 rings (SSSR count). The van der Waals surface area contributed by atoms with Gasteiger partial charge in [-0.2, -0.15) is 0 Å². The second kappa shape index (κ2) is 9.11. The van der Waals surface area contributed by atoms with Crippen LogP contribution in [0, 0.1) is 10.1 Å². The maximum Gasteiger partial charge on any atom is 0.269 e. The number of hydrogen-bond donors (Lipinski definition) is 0. The topological polar surface area (TPSA) is 60.4 Å². The van der Waals surface area contributed by atoms with Crippen LogP contribution in [0.1, 0.15) is 5.69 Å². The minimum absolute atomic E-state index is 0.0944. The number of nitro benzene ring substituents is 1. The van der Waals surface area contributed by atoms with Crippen LogP contribution in [0.5, 0.6) is 0 Å². The van der Waals surface area contributed by atoms with Crippen LogP contribution in [0.25, 0.3) is 5.69 Å². The van der Waals surface area contributed by atoms with Crippen molar-refractivity contribution in [1.29, 1.82) is 0 Å². The summed E-state index contributed by atoms with van der Waals surface area (Å²) in [6, 6.07) is 26.6. The van der Waals surface area contributed by atoms with Gasteiger partial charge in [-0.05, 0) is 72.8 Å². The average Bonchev–Trinajstić information content (AvgIpc) is 3.23. The molecule has 1 aromatic heterocycles. The van der Waals surface area contributed by atoms with Crippen molar-refractivity contribution in [3.05, 3.63) is 111 Å². The monoisotopic (exact) mass is 477 g/mol. The van der Waals surface area contributed by atoms with E-state index < -0.39 is 4.92 Å². The lowest BCUT2D eigenvalue weighted by Crippen LogP contribution is -1.97. The fraction of sp³-hybridized carbons (Fsp3) is 0. The van der Waals surface area contributed by atoms with Crippen molar-refractivity contribution in [2.45, 2.75) is 9.79 Å². The van der Waals surface area contributed by atoms with E-state index in [4.69, 9.17) is 0 Å². The molecule has 0 atom stereocenters. The Balaban J connectivity index is 1.45. The summed E-state index contributed by atoms with van der Waals surface area (Å²) in [5, 5.41) is 10.8. The molecule has 4 aromatic rings. The zero-order chi connectivity index (χ0) is 20.9. The number of benzene rings is 3. The molecule has 0 radical (unpaired) electrons. The molecule has 0 saturated heterocycles. The van der Waals surface area contributed by atoms with Gasteiger partial charge in [0.2, 0.25) is 0 Å². The molecule has 0 aliphatic heterocycles. The highest BCUT2D eigenvalue weighted by atomic mass is 79.9. The van der Waals surface area contributed by atoms with Crippen LogP contribution in [-0.2, 0) is 0 Å². The molecule has 0 saturated carbocycles. The molecule has 0 spiro atoms. The highest BCUT2D eigenvalue weighted by Crippen LogP contribution is 2.30. The van der Waals surface area contributed by atoms with Gasteiger partial charge in [-0.1, -0.05) is 27.7 Å². The molecule has 5 nitrogen and oxygen atoms in total. The Bertz CT molecular complexity index is 1180. The normalized spacial score (nSPS) is 11.1. The Labute approximate surface area is 186 Å². The Morgan fingerprint density at radius 2 is 1.53 bits per heavy atom. The van der Waals surface area contributed by atoms with Crippen molar-refractivity contribution in [3.8, 4) is 5.69 Å². The molecule has 0 aliphatic carbocycles. The summed E-state index contributed by atoms with van der Waals surface area (Å²) in [5.74, 6) is 0.